The molecule has 0 spiro atoms. The van der Waals surface area contributed by atoms with Crippen molar-refractivity contribution in [2.24, 2.45) is 0 Å². The summed E-state index contributed by atoms with van der Waals surface area (Å²) in [5.74, 6) is -1.36. The molecule has 0 unspecified atom stereocenters. The van der Waals surface area contributed by atoms with Crippen molar-refractivity contribution in [3.05, 3.63) is 47.8 Å². The van der Waals surface area contributed by atoms with Gasteiger partial charge < -0.3 is 10.6 Å². The van der Waals surface area contributed by atoms with Crippen molar-refractivity contribution in [1.29, 1.82) is 0 Å². The van der Waals surface area contributed by atoms with E-state index in [1.54, 1.807) is 18.2 Å². The molecule has 6 nitrogen and oxygen atoms in total. The molecule has 2 aromatic rings. The fourth-order valence-corrected chi connectivity index (χ4v) is 2.87. The van der Waals surface area contributed by atoms with Crippen LogP contribution in [0.2, 0.25) is 0 Å². The second kappa shape index (κ2) is 7.19. The van der Waals surface area contributed by atoms with Gasteiger partial charge in [0.05, 0.1) is 17.4 Å². The molecule has 1 saturated heterocycles. The van der Waals surface area contributed by atoms with Gasteiger partial charge in [-0.1, -0.05) is 18.2 Å². The smallest absolute Gasteiger partial charge is 0.354 e. The molecule has 1 aliphatic rings. The molecular weight excluding hydrogens is 349 g/mol. The quantitative estimate of drug-likeness (QED) is 0.875. The molecule has 1 aliphatic heterocycles. The minimum atomic E-state index is -4.79. The maximum atomic E-state index is 13.6. The van der Waals surface area contributed by atoms with Crippen molar-refractivity contribution in [3.8, 4) is 5.69 Å². The first kappa shape index (κ1) is 18.0. The number of hydrogen-bond donors (Lipinski definition) is 2. The summed E-state index contributed by atoms with van der Waals surface area (Å²) in [5, 5.41) is 8.77. The van der Waals surface area contributed by atoms with Crippen molar-refractivity contribution in [2.75, 3.05) is 6.54 Å². The highest BCUT2D eigenvalue weighted by Gasteiger charge is 2.41. The van der Waals surface area contributed by atoms with E-state index in [9.17, 15) is 22.8 Å². The van der Waals surface area contributed by atoms with E-state index in [-0.39, 0.29) is 11.6 Å². The van der Waals surface area contributed by atoms with Gasteiger partial charge in [0.1, 0.15) is 6.04 Å². The van der Waals surface area contributed by atoms with Gasteiger partial charge in [0, 0.05) is 6.54 Å². The van der Waals surface area contributed by atoms with Gasteiger partial charge in [-0.05, 0) is 31.4 Å². The Kier molecular flexibility index (Phi) is 4.97. The van der Waals surface area contributed by atoms with Crippen LogP contribution in [0.3, 0.4) is 0 Å². The highest BCUT2D eigenvalue weighted by molar-refractivity contribution is 5.98. The van der Waals surface area contributed by atoms with E-state index >= 15 is 0 Å². The maximum Gasteiger partial charge on any atom is 0.434 e. The Morgan fingerprint density at radius 1 is 1.23 bits per heavy atom. The minimum absolute atomic E-state index is 0.186. The number of para-hydroxylation sites is 1. The summed E-state index contributed by atoms with van der Waals surface area (Å²) in [6.45, 7) is 0.491. The molecule has 2 amide bonds. The zero-order valence-corrected chi connectivity index (χ0v) is 13.7. The molecule has 1 aromatic heterocycles. The number of nitrogens with zero attached hydrogens (tertiary/aromatic N) is 2. The lowest BCUT2D eigenvalue weighted by molar-refractivity contribution is -0.143. The second-order valence-corrected chi connectivity index (χ2v) is 5.96. The van der Waals surface area contributed by atoms with Gasteiger partial charge >= 0.3 is 6.18 Å². The summed E-state index contributed by atoms with van der Waals surface area (Å²) >= 11 is 0. The van der Waals surface area contributed by atoms with Crippen molar-refractivity contribution in [3.63, 3.8) is 0 Å². The molecule has 0 aliphatic carbocycles. The van der Waals surface area contributed by atoms with E-state index in [1.807, 2.05) is 0 Å². The van der Waals surface area contributed by atoms with Gasteiger partial charge in [0.15, 0.2) is 5.69 Å². The summed E-state index contributed by atoms with van der Waals surface area (Å²) in [5.41, 5.74) is -1.60. The number of benzene rings is 1. The SMILES string of the molecule is O=C(N[C@@H]1CCCCNC1=O)c1cnn(-c2ccccc2)c1C(F)(F)F. The third-order valence-corrected chi connectivity index (χ3v) is 4.12. The molecule has 3 rings (SSSR count). The highest BCUT2D eigenvalue weighted by atomic mass is 19.4. The molecular formula is C17H17F3N4O2. The van der Waals surface area contributed by atoms with E-state index < -0.39 is 29.4 Å². The van der Waals surface area contributed by atoms with Crippen LogP contribution in [-0.4, -0.2) is 34.2 Å². The normalized spacial score (nSPS) is 18.1. The van der Waals surface area contributed by atoms with Crippen molar-refractivity contribution >= 4 is 11.8 Å². The number of alkyl halides is 3. The molecule has 2 N–H and O–H groups in total. The maximum absolute atomic E-state index is 13.6. The summed E-state index contributed by atoms with van der Waals surface area (Å²) in [6.07, 6.45) is -2.08. The molecule has 1 atom stereocenters. The number of aromatic nitrogens is 2. The molecule has 0 bridgehead atoms. The lowest BCUT2D eigenvalue weighted by Crippen LogP contribution is -2.45. The zero-order valence-electron chi connectivity index (χ0n) is 13.7. The van der Waals surface area contributed by atoms with Gasteiger partial charge in [0.2, 0.25) is 5.91 Å². The molecule has 1 fully saturated rings. The summed E-state index contributed by atoms with van der Waals surface area (Å²) in [6, 6.07) is 6.88. The topological polar surface area (TPSA) is 76.0 Å². The molecule has 0 saturated carbocycles. The number of rotatable bonds is 3. The van der Waals surface area contributed by atoms with E-state index in [0.717, 1.165) is 12.6 Å². The standard InChI is InChI=1S/C17H17F3N4O2/c18-17(19,20)14-12(10-22-24(14)11-6-2-1-3-7-11)15(25)23-13-8-4-5-9-21-16(13)26/h1-3,6-7,10,13H,4-5,8-9H2,(H,21,26)(H,23,25)/t13-/m1/s1. The predicted octanol–water partition coefficient (Wildman–Crippen LogP) is 2.29. The molecule has 0 radical (unpaired) electrons. The predicted molar refractivity (Wildman–Crippen MR) is 86.7 cm³/mol. The third kappa shape index (κ3) is 3.71. The summed E-state index contributed by atoms with van der Waals surface area (Å²) in [4.78, 5) is 24.4. The Balaban J connectivity index is 1.93. The highest BCUT2D eigenvalue weighted by Crippen LogP contribution is 2.33. The van der Waals surface area contributed by atoms with Crippen LogP contribution in [0.5, 0.6) is 0 Å². The van der Waals surface area contributed by atoms with Crippen LogP contribution in [0.1, 0.15) is 35.3 Å². The monoisotopic (exact) mass is 366 g/mol. The molecule has 9 heteroatoms. The molecule has 2 heterocycles. The van der Waals surface area contributed by atoms with Gasteiger partial charge in [-0.3, -0.25) is 9.59 Å². The first-order chi connectivity index (χ1) is 12.4. The minimum Gasteiger partial charge on any atom is -0.354 e. The van der Waals surface area contributed by atoms with E-state index in [1.165, 1.54) is 12.1 Å². The van der Waals surface area contributed by atoms with Crippen LogP contribution >= 0.6 is 0 Å². The van der Waals surface area contributed by atoms with Crippen LogP contribution in [0, 0.1) is 0 Å². The number of hydrogen-bond acceptors (Lipinski definition) is 3. The number of halogens is 3. The molecule has 138 valence electrons. The Labute approximate surface area is 147 Å². The second-order valence-electron chi connectivity index (χ2n) is 5.96. The van der Waals surface area contributed by atoms with Crippen LogP contribution in [0.15, 0.2) is 36.5 Å². The van der Waals surface area contributed by atoms with Gasteiger partial charge in [0.25, 0.3) is 5.91 Å². The van der Waals surface area contributed by atoms with Gasteiger partial charge in [-0.15, -0.1) is 0 Å². The first-order valence-electron chi connectivity index (χ1n) is 8.17. The largest absolute Gasteiger partial charge is 0.434 e. The Morgan fingerprint density at radius 2 is 1.96 bits per heavy atom. The van der Waals surface area contributed by atoms with Crippen molar-refractivity contribution in [1.82, 2.24) is 20.4 Å². The summed E-state index contributed by atoms with van der Waals surface area (Å²) < 4.78 is 41.4. The first-order valence-corrected chi connectivity index (χ1v) is 8.17. The molecule has 26 heavy (non-hydrogen) atoms. The Bertz CT molecular complexity index is 802. The van der Waals surface area contributed by atoms with Crippen molar-refractivity contribution in [2.45, 2.75) is 31.5 Å². The van der Waals surface area contributed by atoms with Crippen LogP contribution in [-0.2, 0) is 11.0 Å². The summed E-state index contributed by atoms with van der Waals surface area (Å²) in [7, 11) is 0. The number of nitrogens with one attached hydrogen (secondary N) is 2. The number of carbonyl (C=O) groups excluding carboxylic acids is 2. The van der Waals surface area contributed by atoms with Gasteiger partial charge in [-0.25, -0.2) is 4.68 Å². The zero-order chi connectivity index (χ0) is 18.7. The number of amides is 2. The van der Waals surface area contributed by atoms with Crippen LogP contribution in [0.25, 0.3) is 5.69 Å². The fourth-order valence-electron chi connectivity index (χ4n) is 2.87. The van der Waals surface area contributed by atoms with E-state index in [2.05, 4.69) is 15.7 Å². The third-order valence-electron chi connectivity index (χ3n) is 4.12. The average Bonchev–Trinajstić information content (AvgIpc) is 2.97. The fraction of sp³-hybridized carbons (Fsp3) is 0.353. The average molecular weight is 366 g/mol. The lowest BCUT2D eigenvalue weighted by atomic mass is 10.1. The Morgan fingerprint density at radius 3 is 2.65 bits per heavy atom. The van der Waals surface area contributed by atoms with Crippen LogP contribution in [0.4, 0.5) is 13.2 Å². The van der Waals surface area contributed by atoms with Crippen molar-refractivity contribution < 1.29 is 22.8 Å². The van der Waals surface area contributed by atoms with E-state index in [4.69, 9.17) is 0 Å². The van der Waals surface area contributed by atoms with Gasteiger partial charge in [-0.2, -0.15) is 18.3 Å². The lowest BCUT2D eigenvalue weighted by Gasteiger charge is -2.16. The number of carbonyl (C=O) groups is 2. The van der Waals surface area contributed by atoms with E-state index in [0.29, 0.717) is 24.1 Å². The Hall–Kier alpha value is -2.84. The molecule has 1 aromatic carbocycles. The van der Waals surface area contributed by atoms with Crippen LogP contribution < -0.4 is 10.6 Å².